The Morgan fingerprint density at radius 1 is 1.15 bits per heavy atom. The third-order valence-electron chi connectivity index (χ3n) is 5.35. The molecule has 1 amide bonds. The van der Waals surface area contributed by atoms with Crippen LogP contribution in [0.2, 0.25) is 0 Å². The van der Waals surface area contributed by atoms with Gasteiger partial charge in [0.2, 0.25) is 0 Å². The maximum Gasteiger partial charge on any atom is 0.259 e. The van der Waals surface area contributed by atoms with E-state index in [-0.39, 0.29) is 11.9 Å². The predicted octanol–water partition coefficient (Wildman–Crippen LogP) is 3.62. The fourth-order valence-corrected chi connectivity index (χ4v) is 3.90. The van der Waals surface area contributed by atoms with E-state index in [4.69, 9.17) is 9.26 Å². The summed E-state index contributed by atoms with van der Waals surface area (Å²) in [4.78, 5) is 15.2. The zero-order valence-corrected chi connectivity index (χ0v) is 15.2. The molecule has 2 aliphatic rings. The molecule has 4 rings (SSSR count). The lowest BCUT2D eigenvalue weighted by molar-refractivity contribution is 0.0938. The Morgan fingerprint density at radius 3 is 2.50 bits per heavy atom. The van der Waals surface area contributed by atoms with E-state index in [0.29, 0.717) is 17.1 Å². The second-order valence-electron chi connectivity index (χ2n) is 7.09. The second kappa shape index (κ2) is 7.40. The summed E-state index contributed by atoms with van der Waals surface area (Å²) in [5.74, 6) is 1.89. The zero-order valence-electron chi connectivity index (χ0n) is 15.2. The minimum atomic E-state index is -0.0779. The number of carbonyl (C=O) groups excluding carboxylic acids is 1. The van der Waals surface area contributed by atoms with Crippen molar-refractivity contribution in [3.8, 4) is 17.1 Å². The molecule has 1 aromatic carbocycles. The van der Waals surface area contributed by atoms with Crippen molar-refractivity contribution in [1.29, 1.82) is 0 Å². The van der Waals surface area contributed by atoms with E-state index in [0.717, 1.165) is 50.1 Å². The van der Waals surface area contributed by atoms with Gasteiger partial charge in [0.1, 0.15) is 11.3 Å². The minimum absolute atomic E-state index is 0.0779. The van der Waals surface area contributed by atoms with Crippen LogP contribution >= 0.6 is 0 Å². The van der Waals surface area contributed by atoms with E-state index in [1.807, 2.05) is 24.3 Å². The van der Waals surface area contributed by atoms with Crippen molar-refractivity contribution < 1.29 is 14.1 Å². The molecule has 1 aliphatic heterocycles. The minimum Gasteiger partial charge on any atom is -0.497 e. The highest BCUT2D eigenvalue weighted by molar-refractivity contribution is 6.04. The molecule has 6 nitrogen and oxygen atoms in total. The Labute approximate surface area is 153 Å². The Hall–Kier alpha value is -2.50. The summed E-state index contributed by atoms with van der Waals surface area (Å²) >= 11 is 0. The second-order valence-corrected chi connectivity index (χ2v) is 7.09. The topological polar surface area (TPSA) is 67.6 Å². The number of amides is 1. The molecular weight excluding hydrogens is 330 g/mol. The lowest BCUT2D eigenvalue weighted by Gasteiger charge is -2.17. The van der Waals surface area contributed by atoms with E-state index in [1.54, 1.807) is 7.11 Å². The highest BCUT2D eigenvalue weighted by Gasteiger charge is 2.30. The normalized spacial score (nSPS) is 17.7. The summed E-state index contributed by atoms with van der Waals surface area (Å²) in [5, 5.41) is 7.46. The Bertz CT molecular complexity index is 757. The molecule has 2 heterocycles. The molecule has 1 N–H and O–H groups in total. The molecular formula is C20H25N3O3. The summed E-state index contributed by atoms with van der Waals surface area (Å²) in [7, 11) is 1.63. The number of rotatable bonds is 5. The van der Waals surface area contributed by atoms with Crippen molar-refractivity contribution in [1.82, 2.24) is 10.5 Å². The number of ether oxygens (including phenoxy) is 1. The van der Waals surface area contributed by atoms with Gasteiger partial charge in [0.25, 0.3) is 5.91 Å². The van der Waals surface area contributed by atoms with E-state index in [2.05, 4.69) is 15.4 Å². The van der Waals surface area contributed by atoms with Gasteiger partial charge in [-0.25, -0.2) is 0 Å². The number of methoxy groups -OCH3 is 1. The molecule has 6 heteroatoms. The molecule has 2 fully saturated rings. The summed E-state index contributed by atoms with van der Waals surface area (Å²) in [6.07, 6.45) is 6.70. The molecule has 1 saturated carbocycles. The van der Waals surface area contributed by atoms with Crippen LogP contribution in [0.5, 0.6) is 5.75 Å². The van der Waals surface area contributed by atoms with Gasteiger partial charge in [-0.15, -0.1) is 0 Å². The van der Waals surface area contributed by atoms with Crippen LogP contribution in [0.1, 0.15) is 48.9 Å². The van der Waals surface area contributed by atoms with Crippen molar-refractivity contribution in [2.24, 2.45) is 0 Å². The summed E-state index contributed by atoms with van der Waals surface area (Å²) in [6.45, 7) is 1.83. The summed E-state index contributed by atoms with van der Waals surface area (Å²) in [6, 6.07) is 7.80. The molecule has 0 spiro atoms. The molecule has 1 aliphatic carbocycles. The lowest BCUT2D eigenvalue weighted by atomic mass is 10.1. The van der Waals surface area contributed by atoms with Crippen LogP contribution in [0, 0.1) is 0 Å². The van der Waals surface area contributed by atoms with Gasteiger partial charge in [-0.1, -0.05) is 18.0 Å². The van der Waals surface area contributed by atoms with E-state index in [1.165, 1.54) is 12.8 Å². The van der Waals surface area contributed by atoms with Gasteiger partial charge in [0, 0.05) is 24.7 Å². The van der Waals surface area contributed by atoms with Crippen LogP contribution in [0.4, 0.5) is 5.82 Å². The Kier molecular flexibility index (Phi) is 4.82. The number of hydrogen-bond donors (Lipinski definition) is 1. The van der Waals surface area contributed by atoms with Gasteiger partial charge in [0.15, 0.2) is 11.6 Å². The molecule has 138 valence electrons. The van der Waals surface area contributed by atoms with Crippen LogP contribution in [-0.2, 0) is 0 Å². The molecule has 0 radical (unpaired) electrons. The van der Waals surface area contributed by atoms with Gasteiger partial charge in [-0.3, -0.25) is 4.79 Å². The van der Waals surface area contributed by atoms with Crippen molar-refractivity contribution >= 4 is 11.7 Å². The number of carbonyl (C=O) groups is 1. The number of nitrogens with one attached hydrogen (secondary N) is 1. The Morgan fingerprint density at radius 2 is 1.85 bits per heavy atom. The van der Waals surface area contributed by atoms with Gasteiger partial charge >= 0.3 is 0 Å². The lowest BCUT2D eigenvalue weighted by Crippen LogP contribution is -2.34. The quantitative estimate of drug-likeness (QED) is 0.887. The zero-order chi connectivity index (χ0) is 17.9. The number of hydrogen-bond acceptors (Lipinski definition) is 5. The first kappa shape index (κ1) is 16.9. The molecule has 1 saturated heterocycles. The third kappa shape index (κ3) is 3.28. The summed E-state index contributed by atoms with van der Waals surface area (Å²) < 4.78 is 10.9. The molecule has 0 unspecified atom stereocenters. The largest absolute Gasteiger partial charge is 0.497 e. The van der Waals surface area contributed by atoms with Gasteiger partial charge in [0.05, 0.1) is 7.11 Å². The number of nitrogens with zero attached hydrogens (tertiary/aromatic N) is 2. The predicted molar refractivity (Wildman–Crippen MR) is 99.7 cm³/mol. The van der Waals surface area contributed by atoms with Crippen LogP contribution < -0.4 is 15.0 Å². The standard InChI is InChI=1S/C20H25N3O3/c1-25-16-10-8-14(9-11-16)18-17(20(24)21-15-6-2-3-7-15)19(22-26-18)23-12-4-5-13-23/h8-11,15H,2-7,12-13H2,1H3,(H,21,24). The molecule has 2 aromatic rings. The first-order chi connectivity index (χ1) is 12.8. The van der Waals surface area contributed by atoms with E-state index in [9.17, 15) is 4.79 Å². The molecule has 0 atom stereocenters. The maximum atomic E-state index is 13.1. The smallest absolute Gasteiger partial charge is 0.259 e. The number of aromatic nitrogens is 1. The first-order valence-electron chi connectivity index (χ1n) is 9.46. The SMILES string of the molecule is COc1ccc(-c2onc(N3CCCC3)c2C(=O)NC2CCCC2)cc1. The van der Waals surface area contributed by atoms with Crippen molar-refractivity contribution in [3.05, 3.63) is 29.8 Å². The van der Waals surface area contributed by atoms with Crippen LogP contribution in [0.3, 0.4) is 0 Å². The fourth-order valence-electron chi connectivity index (χ4n) is 3.90. The molecule has 0 bridgehead atoms. The Balaban J connectivity index is 1.69. The third-order valence-corrected chi connectivity index (χ3v) is 5.35. The number of anilines is 1. The van der Waals surface area contributed by atoms with Gasteiger partial charge in [-0.2, -0.15) is 0 Å². The van der Waals surface area contributed by atoms with Crippen molar-refractivity contribution in [3.63, 3.8) is 0 Å². The van der Waals surface area contributed by atoms with Crippen LogP contribution in [-0.4, -0.2) is 37.3 Å². The van der Waals surface area contributed by atoms with E-state index < -0.39 is 0 Å². The van der Waals surface area contributed by atoms with Gasteiger partial charge < -0.3 is 19.5 Å². The highest BCUT2D eigenvalue weighted by atomic mass is 16.5. The summed E-state index contributed by atoms with van der Waals surface area (Å²) in [5.41, 5.74) is 1.39. The van der Waals surface area contributed by atoms with Crippen LogP contribution in [0.15, 0.2) is 28.8 Å². The molecule has 1 aromatic heterocycles. The highest BCUT2D eigenvalue weighted by Crippen LogP contribution is 2.34. The van der Waals surface area contributed by atoms with Crippen molar-refractivity contribution in [2.75, 3.05) is 25.1 Å². The number of benzene rings is 1. The fraction of sp³-hybridized carbons (Fsp3) is 0.500. The molecule has 26 heavy (non-hydrogen) atoms. The van der Waals surface area contributed by atoms with Crippen LogP contribution in [0.25, 0.3) is 11.3 Å². The first-order valence-corrected chi connectivity index (χ1v) is 9.46. The average Bonchev–Trinajstić information content (AvgIpc) is 3.41. The van der Waals surface area contributed by atoms with E-state index >= 15 is 0 Å². The average molecular weight is 355 g/mol. The maximum absolute atomic E-state index is 13.1. The van der Waals surface area contributed by atoms with Gasteiger partial charge in [-0.05, 0) is 49.9 Å². The monoisotopic (exact) mass is 355 g/mol. The van der Waals surface area contributed by atoms with Crippen molar-refractivity contribution in [2.45, 2.75) is 44.6 Å².